The smallest absolute Gasteiger partial charge is 0.0641 e. The number of nitrogens with zero attached hydrogens (tertiary/aromatic N) is 1. The molecule has 0 aliphatic heterocycles. The van der Waals surface area contributed by atoms with Crippen LogP contribution in [-0.2, 0) is 17.7 Å². The van der Waals surface area contributed by atoms with Crippen molar-refractivity contribution in [3.8, 4) is 0 Å². The number of fused-ring (bicyclic) bond motifs is 1. The first-order valence-corrected chi connectivity index (χ1v) is 5.42. The minimum Gasteiger partial charge on any atom is -0.383 e. The Hall–Kier alpha value is -1.28. The molecule has 15 heavy (non-hydrogen) atoms. The van der Waals surface area contributed by atoms with E-state index >= 15 is 0 Å². The van der Waals surface area contributed by atoms with Gasteiger partial charge in [0.05, 0.1) is 6.61 Å². The first-order chi connectivity index (χ1) is 7.35. The molecule has 0 saturated carbocycles. The molecule has 2 rings (SSSR count). The van der Waals surface area contributed by atoms with Gasteiger partial charge in [-0.1, -0.05) is 13.0 Å². The summed E-state index contributed by atoms with van der Waals surface area (Å²) in [6, 6.07) is 8.83. The first-order valence-electron chi connectivity index (χ1n) is 5.42. The zero-order chi connectivity index (χ0) is 10.7. The van der Waals surface area contributed by atoms with E-state index in [2.05, 4.69) is 42.0 Å². The first kappa shape index (κ1) is 10.2. The quantitative estimate of drug-likeness (QED) is 0.745. The van der Waals surface area contributed by atoms with E-state index in [-0.39, 0.29) is 0 Å². The van der Waals surface area contributed by atoms with Crippen molar-refractivity contribution in [3.63, 3.8) is 0 Å². The maximum Gasteiger partial charge on any atom is 0.0641 e. The lowest BCUT2D eigenvalue weighted by Crippen LogP contribution is -2.02. The highest BCUT2D eigenvalue weighted by Crippen LogP contribution is 2.17. The van der Waals surface area contributed by atoms with Crippen LogP contribution in [0.3, 0.4) is 0 Å². The number of ether oxygens (including phenoxy) is 1. The summed E-state index contributed by atoms with van der Waals surface area (Å²) in [5.41, 5.74) is 2.69. The van der Waals surface area contributed by atoms with E-state index in [1.165, 1.54) is 16.5 Å². The van der Waals surface area contributed by atoms with Crippen LogP contribution >= 0.6 is 0 Å². The van der Waals surface area contributed by atoms with E-state index < -0.39 is 0 Å². The Morgan fingerprint density at radius 2 is 2.13 bits per heavy atom. The fraction of sp³-hybridized carbons (Fsp3) is 0.385. The SMILES string of the molecule is CCc1ccc2c(ccn2CCOC)c1. The van der Waals surface area contributed by atoms with Crippen molar-refractivity contribution in [3.05, 3.63) is 36.0 Å². The molecule has 0 saturated heterocycles. The maximum atomic E-state index is 5.09. The molecule has 0 fully saturated rings. The standard InChI is InChI=1S/C13H17NO/c1-3-11-4-5-13-12(10-11)6-7-14(13)8-9-15-2/h4-7,10H,3,8-9H2,1-2H3. The Kier molecular flexibility index (Phi) is 3.07. The van der Waals surface area contributed by atoms with E-state index in [4.69, 9.17) is 4.74 Å². The lowest BCUT2D eigenvalue weighted by molar-refractivity contribution is 0.188. The van der Waals surface area contributed by atoms with E-state index in [1.807, 2.05) is 0 Å². The fourth-order valence-electron chi connectivity index (χ4n) is 1.85. The number of hydrogen-bond acceptors (Lipinski definition) is 1. The van der Waals surface area contributed by atoms with Crippen LogP contribution in [0.15, 0.2) is 30.5 Å². The molecule has 1 aromatic heterocycles. The molecule has 0 unspecified atom stereocenters. The zero-order valence-corrected chi connectivity index (χ0v) is 9.36. The van der Waals surface area contributed by atoms with Crippen LogP contribution in [0.2, 0.25) is 0 Å². The summed E-state index contributed by atoms with van der Waals surface area (Å²) in [4.78, 5) is 0. The summed E-state index contributed by atoms with van der Waals surface area (Å²) in [7, 11) is 1.74. The molecule has 0 atom stereocenters. The second-order valence-electron chi connectivity index (χ2n) is 3.75. The molecule has 1 heterocycles. The second-order valence-corrected chi connectivity index (χ2v) is 3.75. The highest BCUT2D eigenvalue weighted by molar-refractivity contribution is 5.80. The second kappa shape index (κ2) is 4.49. The molecule has 2 nitrogen and oxygen atoms in total. The van der Waals surface area contributed by atoms with Crippen LogP contribution in [0.4, 0.5) is 0 Å². The highest BCUT2D eigenvalue weighted by atomic mass is 16.5. The van der Waals surface area contributed by atoms with Crippen molar-refractivity contribution in [2.24, 2.45) is 0 Å². The van der Waals surface area contributed by atoms with E-state index in [9.17, 15) is 0 Å². The van der Waals surface area contributed by atoms with Gasteiger partial charge in [0, 0.05) is 25.4 Å². The van der Waals surface area contributed by atoms with Crippen LogP contribution in [0.5, 0.6) is 0 Å². The van der Waals surface area contributed by atoms with E-state index in [0.717, 1.165) is 19.6 Å². The summed E-state index contributed by atoms with van der Waals surface area (Å²) in [5.74, 6) is 0. The van der Waals surface area contributed by atoms with Crippen LogP contribution in [0.25, 0.3) is 10.9 Å². The maximum absolute atomic E-state index is 5.09. The minimum absolute atomic E-state index is 0.763. The van der Waals surface area contributed by atoms with Gasteiger partial charge in [0.25, 0.3) is 0 Å². The van der Waals surface area contributed by atoms with E-state index in [0.29, 0.717) is 0 Å². The van der Waals surface area contributed by atoms with Crippen LogP contribution in [0.1, 0.15) is 12.5 Å². The third kappa shape index (κ3) is 2.05. The fourth-order valence-corrected chi connectivity index (χ4v) is 1.85. The Labute approximate surface area is 90.5 Å². The summed E-state index contributed by atoms with van der Waals surface area (Å²) in [6.45, 7) is 3.87. The molecule has 0 N–H and O–H groups in total. The third-order valence-corrected chi connectivity index (χ3v) is 2.78. The molecule has 0 radical (unpaired) electrons. The van der Waals surface area contributed by atoms with Crippen molar-refractivity contribution < 1.29 is 4.74 Å². The van der Waals surface area contributed by atoms with Gasteiger partial charge in [0.15, 0.2) is 0 Å². The van der Waals surface area contributed by atoms with Crippen LogP contribution in [-0.4, -0.2) is 18.3 Å². The van der Waals surface area contributed by atoms with Gasteiger partial charge in [-0.05, 0) is 35.6 Å². The van der Waals surface area contributed by atoms with Crippen molar-refractivity contribution >= 4 is 10.9 Å². The summed E-state index contributed by atoms with van der Waals surface area (Å²) >= 11 is 0. The topological polar surface area (TPSA) is 14.2 Å². The van der Waals surface area contributed by atoms with Gasteiger partial charge in [-0.3, -0.25) is 0 Å². The van der Waals surface area contributed by atoms with Crippen molar-refractivity contribution in [2.45, 2.75) is 19.9 Å². The number of aromatic nitrogens is 1. The van der Waals surface area contributed by atoms with Gasteiger partial charge in [0.2, 0.25) is 0 Å². The minimum atomic E-state index is 0.763. The van der Waals surface area contributed by atoms with Gasteiger partial charge in [0.1, 0.15) is 0 Å². The molecule has 80 valence electrons. The summed E-state index contributed by atoms with van der Waals surface area (Å²) < 4.78 is 7.32. The van der Waals surface area contributed by atoms with Crippen molar-refractivity contribution in [2.75, 3.05) is 13.7 Å². The van der Waals surface area contributed by atoms with Crippen LogP contribution in [0, 0.1) is 0 Å². The van der Waals surface area contributed by atoms with Gasteiger partial charge < -0.3 is 9.30 Å². The number of aryl methyl sites for hydroxylation is 1. The van der Waals surface area contributed by atoms with Crippen molar-refractivity contribution in [1.82, 2.24) is 4.57 Å². The molecular formula is C13H17NO. The van der Waals surface area contributed by atoms with E-state index in [1.54, 1.807) is 7.11 Å². The zero-order valence-electron chi connectivity index (χ0n) is 9.36. The number of benzene rings is 1. The third-order valence-electron chi connectivity index (χ3n) is 2.78. The lowest BCUT2D eigenvalue weighted by atomic mass is 10.1. The van der Waals surface area contributed by atoms with Crippen LogP contribution < -0.4 is 0 Å². The molecule has 0 spiro atoms. The predicted molar refractivity (Wildman–Crippen MR) is 63.2 cm³/mol. The normalized spacial score (nSPS) is 11.1. The van der Waals surface area contributed by atoms with Gasteiger partial charge >= 0.3 is 0 Å². The van der Waals surface area contributed by atoms with Crippen molar-refractivity contribution in [1.29, 1.82) is 0 Å². The molecule has 2 aromatic rings. The molecule has 0 amide bonds. The Morgan fingerprint density at radius 1 is 1.27 bits per heavy atom. The molecule has 0 bridgehead atoms. The number of hydrogen-bond donors (Lipinski definition) is 0. The van der Waals surface area contributed by atoms with Gasteiger partial charge in [-0.15, -0.1) is 0 Å². The Bertz CT molecular complexity index is 445. The largest absolute Gasteiger partial charge is 0.383 e. The molecule has 2 heteroatoms. The molecule has 0 aliphatic rings. The monoisotopic (exact) mass is 203 g/mol. The average Bonchev–Trinajstić information content (AvgIpc) is 2.68. The number of rotatable bonds is 4. The summed E-state index contributed by atoms with van der Waals surface area (Å²) in [6.07, 6.45) is 3.22. The highest BCUT2D eigenvalue weighted by Gasteiger charge is 2.00. The molecule has 1 aromatic carbocycles. The number of methoxy groups -OCH3 is 1. The molecule has 0 aliphatic carbocycles. The predicted octanol–water partition coefficient (Wildman–Crippen LogP) is 2.85. The lowest BCUT2D eigenvalue weighted by Gasteiger charge is -2.04. The molecular weight excluding hydrogens is 186 g/mol. The summed E-state index contributed by atoms with van der Waals surface area (Å²) in [5, 5.41) is 1.32. The average molecular weight is 203 g/mol. The Morgan fingerprint density at radius 3 is 2.87 bits per heavy atom. The Balaban J connectivity index is 2.34. The van der Waals surface area contributed by atoms with Gasteiger partial charge in [-0.2, -0.15) is 0 Å². The van der Waals surface area contributed by atoms with Gasteiger partial charge in [-0.25, -0.2) is 0 Å².